The van der Waals surface area contributed by atoms with Gasteiger partial charge in [0.15, 0.2) is 0 Å². The lowest BCUT2D eigenvalue weighted by Crippen LogP contribution is -2.04. The molecule has 3 N–H and O–H groups in total. The second kappa shape index (κ2) is 3.00. The van der Waals surface area contributed by atoms with E-state index in [1.807, 2.05) is 0 Å². The van der Waals surface area contributed by atoms with Gasteiger partial charge in [0, 0.05) is 0 Å². The van der Waals surface area contributed by atoms with E-state index in [0.29, 0.717) is 5.56 Å². The Morgan fingerprint density at radius 1 is 1.21 bits per heavy atom. The summed E-state index contributed by atoms with van der Waals surface area (Å²) in [5, 5.41) is 0. The molecule has 1 heterocycles. The molecule has 0 saturated heterocycles. The zero-order valence-electron chi connectivity index (χ0n) is 6.99. The average molecular weight is 215 g/mol. The smallest absolute Gasteiger partial charge is 0.411 e. The molecular formula is C8H8O5P+. The Hall–Kier alpha value is -1.00. The summed E-state index contributed by atoms with van der Waals surface area (Å²) in [6.45, 7) is 0. The molecule has 0 spiro atoms. The van der Waals surface area contributed by atoms with Crippen molar-refractivity contribution in [3.8, 4) is 0 Å². The first kappa shape index (κ1) is 9.55. The van der Waals surface area contributed by atoms with Crippen molar-refractivity contribution >= 4 is 13.9 Å². The average Bonchev–Trinajstić information content (AvgIpc) is 2.44. The van der Waals surface area contributed by atoms with Crippen LogP contribution >= 0.6 is 7.94 Å². The second-order valence-corrected chi connectivity index (χ2v) is 4.66. The van der Waals surface area contributed by atoms with Crippen LogP contribution in [-0.2, 0) is 4.74 Å². The van der Waals surface area contributed by atoms with Crippen molar-refractivity contribution in [2.75, 3.05) is 0 Å². The van der Waals surface area contributed by atoms with E-state index in [9.17, 15) is 4.79 Å². The Bertz CT molecular complexity index is 384. The molecule has 0 aliphatic carbocycles. The monoisotopic (exact) mass is 215 g/mol. The highest BCUT2D eigenvalue weighted by Gasteiger charge is 2.52. The van der Waals surface area contributed by atoms with Gasteiger partial charge in [0.1, 0.15) is 0 Å². The molecule has 0 bridgehead atoms. The number of ether oxygens (including phenoxy) is 1. The van der Waals surface area contributed by atoms with Crippen molar-refractivity contribution in [1.82, 2.24) is 0 Å². The van der Waals surface area contributed by atoms with E-state index in [1.54, 1.807) is 12.1 Å². The van der Waals surface area contributed by atoms with Crippen LogP contribution in [0.1, 0.15) is 21.8 Å². The van der Waals surface area contributed by atoms with E-state index >= 15 is 0 Å². The highest BCUT2D eigenvalue weighted by molar-refractivity contribution is 7.58. The van der Waals surface area contributed by atoms with Crippen LogP contribution in [-0.4, -0.2) is 20.6 Å². The number of benzene rings is 1. The topological polar surface area (TPSA) is 87.0 Å². The van der Waals surface area contributed by atoms with Crippen molar-refractivity contribution in [2.24, 2.45) is 0 Å². The van der Waals surface area contributed by atoms with Gasteiger partial charge in [-0.3, -0.25) is 0 Å². The highest BCUT2D eigenvalue weighted by atomic mass is 31.2. The van der Waals surface area contributed by atoms with Crippen LogP contribution in [0.4, 0.5) is 0 Å². The van der Waals surface area contributed by atoms with E-state index in [2.05, 4.69) is 4.74 Å². The largest absolute Gasteiger partial charge is 0.452 e. The molecule has 1 aliphatic heterocycles. The number of hydrogen-bond acceptors (Lipinski definition) is 5. The fourth-order valence-corrected chi connectivity index (χ4v) is 2.22. The molecule has 0 radical (unpaired) electrons. The van der Waals surface area contributed by atoms with Gasteiger partial charge in [0.05, 0.1) is 11.1 Å². The van der Waals surface area contributed by atoms with Gasteiger partial charge in [0.2, 0.25) is 0 Å². The predicted octanol–water partition coefficient (Wildman–Crippen LogP) is 0.595. The predicted molar refractivity (Wildman–Crippen MR) is 48.2 cm³/mol. The van der Waals surface area contributed by atoms with Gasteiger partial charge in [-0.1, -0.05) is 18.2 Å². The number of esters is 1. The number of carbonyl (C=O) groups is 1. The standard InChI is InChI=1S/C8H8O5P/c9-7-5-3-1-2-4-6(5)8(13-7)14(10,11)12/h1-4,8,10-12H/q+1. The Morgan fingerprint density at radius 3 is 2.50 bits per heavy atom. The highest BCUT2D eigenvalue weighted by Crippen LogP contribution is 2.62. The number of rotatable bonds is 1. The molecule has 1 unspecified atom stereocenters. The molecule has 5 nitrogen and oxygen atoms in total. The van der Waals surface area contributed by atoms with Crippen molar-refractivity contribution < 1.29 is 24.2 Å². The lowest BCUT2D eigenvalue weighted by atomic mass is 10.1. The molecule has 1 aromatic rings. The number of fused-ring (bicyclic) bond motifs is 1. The van der Waals surface area contributed by atoms with Crippen LogP contribution in [0.5, 0.6) is 0 Å². The van der Waals surface area contributed by atoms with E-state index in [4.69, 9.17) is 14.7 Å². The van der Waals surface area contributed by atoms with Crippen LogP contribution in [0.3, 0.4) is 0 Å². The van der Waals surface area contributed by atoms with Crippen LogP contribution in [0, 0.1) is 0 Å². The van der Waals surface area contributed by atoms with Crippen LogP contribution in [0.25, 0.3) is 0 Å². The van der Waals surface area contributed by atoms with E-state index in [-0.39, 0.29) is 5.56 Å². The first-order chi connectivity index (χ1) is 6.50. The molecule has 6 heteroatoms. The summed E-state index contributed by atoms with van der Waals surface area (Å²) < 4.78 is 4.66. The summed E-state index contributed by atoms with van der Waals surface area (Å²) >= 11 is 0. The van der Waals surface area contributed by atoms with E-state index in [1.165, 1.54) is 12.1 Å². The van der Waals surface area contributed by atoms with Gasteiger partial charge < -0.3 is 4.74 Å². The number of hydrogen-bond donors (Lipinski definition) is 3. The summed E-state index contributed by atoms with van der Waals surface area (Å²) in [5.41, 5.74) is 0.581. The zero-order valence-corrected chi connectivity index (χ0v) is 7.89. The molecule has 1 aromatic carbocycles. The van der Waals surface area contributed by atoms with E-state index in [0.717, 1.165) is 0 Å². The summed E-state index contributed by atoms with van der Waals surface area (Å²) in [4.78, 5) is 38.3. The minimum absolute atomic E-state index is 0.263. The summed E-state index contributed by atoms with van der Waals surface area (Å²) in [5.74, 6) is -1.97. The molecule has 74 valence electrons. The molecule has 0 amide bonds. The maximum Gasteiger partial charge on any atom is 0.452 e. The van der Waals surface area contributed by atoms with Crippen molar-refractivity contribution in [1.29, 1.82) is 0 Å². The van der Waals surface area contributed by atoms with Crippen molar-refractivity contribution in [3.05, 3.63) is 35.4 Å². The summed E-state index contributed by atoms with van der Waals surface area (Å²) in [6, 6.07) is 6.29. The quantitative estimate of drug-likeness (QED) is 0.471. The molecule has 1 aliphatic rings. The maximum atomic E-state index is 11.2. The van der Waals surface area contributed by atoms with Crippen LogP contribution in [0.15, 0.2) is 24.3 Å². The number of carbonyl (C=O) groups excluding carboxylic acids is 1. The minimum Gasteiger partial charge on any atom is -0.411 e. The van der Waals surface area contributed by atoms with E-state index < -0.39 is 19.8 Å². The lowest BCUT2D eigenvalue weighted by Gasteiger charge is -2.10. The SMILES string of the molecule is O=C1OC([P+](O)(O)O)c2ccccc21. The van der Waals surface area contributed by atoms with Crippen molar-refractivity contribution in [2.45, 2.75) is 5.85 Å². The Balaban J connectivity index is 2.50. The van der Waals surface area contributed by atoms with Gasteiger partial charge in [-0.2, -0.15) is 14.7 Å². The zero-order chi connectivity index (χ0) is 10.3. The molecule has 0 fully saturated rings. The minimum atomic E-state index is -4.18. The fourth-order valence-electron chi connectivity index (χ4n) is 1.38. The second-order valence-electron chi connectivity index (χ2n) is 2.96. The molecule has 14 heavy (non-hydrogen) atoms. The fraction of sp³-hybridized carbons (Fsp3) is 0.125. The maximum absolute atomic E-state index is 11.2. The van der Waals surface area contributed by atoms with Gasteiger partial charge in [-0.05, 0) is 6.07 Å². The molecule has 2 rings (SSSR count). The third kappa shape index (κ3) is 1.40. The molecule has 0 saturated carbocycles. The third-order valence-electron chi connectivity index (χ3n) is 1.98. The Labute approximate surface area is 80.2 Å². The number of cyclic esters (lactones) is 1. The first-order valence-electron chi connectivity index (χ1n) is 3.87. The van der Waals surface area contributed by atoms with Gasteiger partial charge in [0.25, 0.3) is 0 Å². The molecule has 1 atom stereocenters. The van der Waals surface area contributed by atoms with Crippen LogP contribution in [0.2, 0.25) is 0 Å². The van der Waals surface area contributed by atoms with Gasteiger partial charge in [-0.15, -0.1) is 0 Å². The summed E-state index contributed by atoms with van der Waals surface area (Å²) in [6.07, 6.45) is 0. The van der Waals surface area contributed by atoms with Crippen molar-refractivity contribution in [3.63, 3.8) is 0 Å². The van der Waals surface area contributed by atoms with Crippen LogP contribution < -0.4 is 0 Å². The normalized spacial score (nSPS) is 20.5. The third-order valence-corrected chi connectivity index (χ3v) is 2.99. The van der Waals surface area contributed by atoms with Gasteiger partial charge >= 0.3 is 19.8 Å². The molecular weight excluding hydrogens is 207 g/mol. The molecule has 0 aromatic heterocycles. The van der Waals surface area contributed by atoms with Gasteiger partial charge in [-0.25, -0.2) is 4.79 Å². The Kier molecular flexibility index (Phi) is 2.05. The Morgan fingerprint density at radius 2 is 1.86 bits per heavy atom. The first-order valence-corrected chi connectivity index (χ1v) is 5.58. The lowest BCUT2D eigenvalue weighted by molar-refractivity contribution is 0.0451. The summed E-state index contributed by atoms with van der Waals surface area (Å²) in [7, 11) is -4.18.